The molecule has 4 amide bonds. The van der Waals surface area contributed by atoms with Gasteiger partial charge in [0.15, 0.2) is 0 Å². The van der Waals surface area contributed by atoms with Gasteiger partial charge < -0.3 is 9.47 Å². The van der Waals surface area contributed by atoms with Gasteiger partial charge in [0, 0.05) is 10.9 Å². The van der Waals surface area contributed by atoms with Crippen molar-refractivity contribution in [3.05, 3.63) is 46.2 Å². The number of rotatable bonds is 6. The van der Waals surface area contributed by atoms with Crippen molar-refractivity contribution in [2.75, 3.05) is 18.1 Å². The number of thiophene rings is 1. The molecular formula is C19H18N2O5S. The lowest BCUT2D eigenvalue weighted by molar-refractivity contribution is -0.122. The van der Waals surface area contributed by atoms with Crippen LogP contribution in [0.5, 0.6) is 11.5 Å². The standard InChI is InChI=1S/C19H18N2O5S/c1-3-25-12-7-8-16(26-4-2)15(10-12)21-18(23)14(17(22)20-19(21)24)11-13-6-5-9-27-13/h5-11H,3-4H2,1-2H3,(H,20,22,24). The smallest absolute Gasteiger partial charge is 0.336 e. The van der Waals surface area contributed by atoms with Crippen LogP contribution in [0, 0.1) is 0 Å². The maximum atomic E-state index is 13.0. The van der Waals surface area contributed by atoms with Gasteiger partial charge in [-0.3, -0.25) is 14.9 Å². The van der Waals surface area contributed by atoms with Crippen molar-refractivity contribution in [2.24, 2.45) is 0 Å². The summed E-state index contributed by atoms with van der Waals surface area (Å²) in [5.74, 6) is -0.619. The van der Waals surface area contributed by atoms with Crippen molar-refractivity contribution in [3.8, 4) is 11.5 Å². The number of benzene rings is 1. The number of nitrogens with one attached hydrogen (secondary N) is 1. The molecule has 3 rings (SSSR count). The Kier molecular flexibility index (Phi) is 5.56. The molecule has 0 saturated carbocycles. The van der Waals surface area contributed by atoms with Gasteiger partial charge in [0.05, 0.1) is 18.9 Å². The summed E-state index contributed by atoms with van der Waals surface area (Å²) in [4.78, 5) is 39.3. The summed E-state index contributed by atoms with van der Waals surface area (Å²) in [6.07, 6.45) is 1.47. The van der Waals surface area contributed by atoms with Crippen molar-refractivity contribution < 1.29 is 23.9 Å². The van der Waals surface area contributed by atoms with Gasteiger partial charge in [0.1, 0.15) is 17.1 Å². The summed E-state index contributed by atoms with van der Waals surface area (Å²) in [5.41, 5.74) is 0.0937. The lowest BCUT2D eigenvalue weighted by Gasteiger charge is -2.28. The first-order chi connectivity index (χ1) is 13.0. The highest BCUT2D eigenvalue weighted by Crippen LogP contribution is 2.35. The highest BCUT2D eigenvalue weighted by atomic mass is 32.1. The minimum atomic E-state index is -0.831. The molecule has 0 bridgehead atoms. The van der Waals surface area contributed by atoms with Gasteiger partial charge in [-0.15, -0.1) is 11.3 Å². The molecule has 140 valence electrons. The minimum Gasteiger partial charge on any atom is -0.494 e. The van der Waals surface area contributed by atoms with E-state index in [1.807, 2.05) is 18.4 Å². The van der Waals surface area contributed by atoms with Crippen LogP contribution in [0.25, 0.3) is 6.08 Å². The average molecular weight is 386 g/mol. The SMILES string of the molecule is CCOc1ccc(OCC)c(N2C(=O)NC(=O)C(=Cc3cccs3)C2=O)c1. The third-order valence-electron chi connectivity index (χ3n) is 3.71. The predicted molar refractivity (Wildman–Crippen MR) is 102 cm³/mol. The van der Waals surface area contributed by atoms with E-state index >= 15 is 0 Å². The van der Waals surface area contributed by atoms with Crippen LogP contribution in [-0.4, -0.2) is 31.1 Å². The maximum Gasteiger partial charge on any atom is 0.336 e. The zero-order valence-corrected chi connectivity index (χ0v) is 15.7. The second kappa shape index (κ2) is 8.05. The molecule has 0 unspecified atom stereocenters. The molecule has 1 fully saturated rings. The van der Waals surface area contributed by atoms with Gasteiger partial charge in [-0.05, 0) is 43.5 Å². The Morgan fingerprint density at radius 1 is 1.11 bits per heavy atom. The Hall–Kier alpha value is -3.13. The molecule has 1 aliphatic rings. The van der Waals surface area contributed by atoms with E-state index in [2.05, 4.69) is 5.32 Å². The Morgan fingerprint density at radius 3 is 2.56 bits per heavy atom. The summed E-state index contributed by atoms with van der Waals surface area (Å²) >= 11 is 1.38. The van der Waals surface area contributed by atoms with Crippen molar-refractivity contribution in [1.82, 2.24) is 5.32 Å². The molecule has 1 aromatic carbocycles. The second-order valence-corrected chi connectivity index (χ2v) is 6.45. The van der Waals surface area contributed by atoms with Gasteiger partial charge in [0.25, 0.3) is 11.8 Å². The summed E-state index contributed by atoms with van der Waals surface area (Å²) in [6.45, 7) is 4.40. The van der Waals surface area contributed by atoms with E-state index < -0.39 is 17.8 Å². The third kappa shape index (κ3) is 3.85. The number of carbonyl (C=O) groups is 3. The zero-order valence-electron chi connectivity index (χ0n) is 14.9. The molecule has 0 spiro atoms. The van der Waals surface area contributed by atoms with Gasteiger partial charge in [-0.2, -0.15) is 0 Å². The lowest BCUT2D eigenvalue weighted by Crippen LogP contribution is -2.54. The molecule has 0 aliphatic carbocycles. The maximum absolute atomic E-state index is 13.0. The quantitative estimate of drug-likeness (QED) is 0.609. The van der Waals surface area contributed by atoms with E-state index in [0.29, 0.717) is 24.7 Å². The van der Waals surface area contributed by atoms with Crippen molar-refractivity contribution in [1.29, 1.82) is 0 Å². The monoisotopic (exact) mass is 386 g/mol. The number of amides is 4. The highest BCUT2D eigenvalue weighted by Gasteiger charge is 2.38. The van der Waals surface area contributed by atoms with Crippen molar-refractivity contribution in [3.63, 3.8) is 0 Å². The highest BCUT2D eigenvalue weighted by molar-refractivity contribution is 7.10. The summed E-state index contributed by atoms with van der Waals surface area (Å²) < 4.78 is 11.0. The normalized spacial score (nSPS) is 15.9. The number of ether oxygens (including phenoxy) is 2. The Balaban J connectivity index is 2.06. The number of hydrogen-bond donors (Lipinski definition) is 1. The topological polar surface area (TPSA) is 84.9 Å². The molecular weight excluding hydrogens is 368 g/mol. The molecule has 0 atom stereocenters. The van der Waals surface area contributed by atoms with Crippen LogP contribution in [0.15, 0.2) is 41.3 Å². The van der Waals surface area contributed by atoms with Gasteiger partial charge in [0.2, 0.25) is 0 Å². The molecule has 2 aromatic rings. The predicted octanol–water partition coefficient (Wildman–Crippen LogP) is 3.21. The first-order valence-electron chi connectivity index (χ1n) is 8.39. The molecule has 1 aliphatic heterocycles. The van der Waals surface area contributed by atoms with Crippen LogP contribution in [0.1, 0.15) is 18.7 Å². The van der Waals surface area contributed by atoms with Crippen molar-refractivity contribution in [2.45, 2.75) is 13.8 Å². The lowest BCUT2D eigenvalue weighted by atomic mass is 10.1. The molecule has 1 aromatic heterocycles. The molecule has 2 heterocycles. The second-order valence-electron chi connectivity index (χ2n) is 5.47. The Bertz CT molecular complexity index is 905. The van der Waals surface area contributed by atoms with Crippen LogP contribution in [-0.2, 0) is 9.59 Å². The number of nitrogens with zero attached hydrogens (tertiary/aromatic N) is 1. The van der Waals surface area contributed by atoms with E-state index in [4.69, 9.17) is 9.47 Å². The summed E-state index contributed by atoms with van der Waals surface area (Å²) in [7, 11) is 0. The van der Waals surface area contributed by atoms with Crippen LogP contribution in [0.3, 0.4) is 0 Å². The van der Waals surface area contributed by atoms with Crippen molar-refractivity contribution >= 4 is 40.9 Å². The molecule has 0 radical (unpaired) electrons. The first kappa shape index (κ1) is 18.7. The van der Waals surface area contributed by atoms with Gasteiger partial charge in [-0.1, -0.05) is 6.07 Å². The first-order valence-corrected chi connectivity index (χ1v) is 9.27. The molecule has 1 N–H and O–H groups in total. The Labute approximate surface area is 160 Å². The summed E-state index contributed by atoms with van der Waals surface area (Å²) in [6, 6.07) is 7.62. The van der Waals surface area contributed by atoms with Crippen LogP contribution in [0.4, 0.5) is 10.5 Å². The Morgan fingerprint density at radius 2 is 1.89 bits per heavy atom. The fourth-order valence-corrected chi connectivity index (χ4v) is 3.26. The number of barbiturate groups is 1. The fourth-order valence-electron chi connectivity index (χ4n) is 2.60. The largest absolute Gasteiger partial charge is 0.494 e. The number of urea groups is 1. The van der Waals surface area contributed by atoms with E-state index in [-0.39, 0.29) is 11.3 Å². The van der Waals surface area contributed by atoms with E-state index in [0.717, 1.165) is 9.78 Å². The fraction of sp³-hybridized carbons (Fsp3) is 0.211. The van der Waals surface area contributed by atoms with Crippen LogP contribution in [0.2, 0.25) is 0 Å². The zero-order chi connectivity index (χ0) is 19.4. The molecule has 7 nitrogen and oxygen atoms in total. The summed E-state index contributed by atoms with van der Waals surface area (Å²) in [5, 5.41) is 4.04. The van der Waals surface area contributed by atoms with Crippen LogP contribution >= 0.6 is 11.3 Å². The van der Waals surface area contributed by atoms with E-state index in [9.17, 15) is 14.4 Å². The van der Waals surface area contributed by atoms with Crippen LogP contribution < -0.4 is 19.7 Å². The number of imide groups is 2. The number of anilines is 1. The number of carbonyl (C=O) groups excluding carboxylic acids is 3. The molecule has 1 saturated heterocycles. The number of hydrogen-bond acceptors (Lipinski definition) is 6. The molecule has 8 heteroatoms. The minimum absolute atomic E-state index is 0.124. The van der Waals surface area contributed by atoms with E-state index in [1.165, 1.54) is 17.4 Å². The third-order valence-corrected chi connectivity index (χ3v) is 4.53. The average Bonchev–Trinajstić information content (AvgIpc) is 3.14. The van der Waals surface area contributed by atoms with Gasteiger partial charge in [-0.25, -0.2) is 9.69 Å². The van der Waals surface area contributed by atoms with Gasteiger partial charge >= 0.3 is 6.03 Å². The molecule has 27 heavy (non-hydrogen) atoms. The van der Waals surface area contributed by atoms with E-state index in [1.54, 1.807) is 31.2 Å².